The summed E-state index contributed by atoms with van der Waals surface area (Å²) in [6, 6.07) is 0. The Morgan fingerprint density at radius 1 is 0.769 bits per heavy atom. The molecule has 1 aliphatic heterocycles. The molecule has 76 valence electrons. The minimum Gasteiger partial charge on any atom is -0.381 e. The highest BCUT2D eigenvalue weighted by molar-refractivity contribution is 4.90. The molecule has 0 N–H and O–H groups in total. The summed E-state index contributed by atoms with van der Waals surface area (Å²) in [7, 11) is 0. The van der Waals surface area contributed by atoms with Gasteiger partial charge in [0.25, 0.3) is 0 Å². The van der Waals surface area contributed by atoms with Crippen LogP contribution in [0.25, 0.3) is 0 Å². The fraction of sp³-hybridized carbons (Fsp3) is 1.00. The van der Waals surface area contributed by atoms with Crippen LogP contribution in [0.1, 0.15) is 52.4 Å². The van der Waals surface area contributed by atoms with Gasteiger partial charge in [0.15, 0.2) is 0 Å². The summed E-state index contributed by atoms with van der Waals surface area (Å²) in [6.45, 7) is 6.86. The van der Waals surface area contributed by atoms with Gasteiger partial charge in [-0.25, -0.2) is 0 Å². The molecule has 0 atom stereocenters. The number of hydrogen-bond donors (Lipinski definition) is 0. The molecular weight excluding hydrogens is 160 g/mol. The van der Waals surface area contributed by atoms with Gasteiger partial charge in [-0.15, -0.1) is 0 Å². The Morgan fingerprint density at radius 2 is 1.31 bits per heavy atom. The summed E-state index contributed by atoms with van der Waals surface area (Å²) in [5.41, 5.74) is 1.30. The van der Waals surface area contributed by atoms with Crippen LogP contribution in [-0.4, -0.2) is 13.2 Å². The van der Waals surface area contributed by atoms with Gasteiger partial charge >= 0.3 is 0 Å². The molecule has 2 fully saturated rings. The van der Waals surface area contributed by atoms with E-state index in [0.29, 0.717) is 10.8 Å². The van der Waals surface area contributed by atoms with Crippen LogP contribution < -0.4 is 0 Å². The van der Waals surface area contributed by atoms with Gasteiger partial charge in [-0.05, 0) is 49.4 Å². The van der Waals surface area contributed by atoms with Crippen molar-refractivity contribution in [3.8, 4) is 0 Å². The van der Waals surface area contributed by atoms with Crippen LogP contribution >= 0.6 is 0 Å². The maximum Gasteiger partial charge on any atom is 0.0471 e. The molecule has 0 aromatic heterocycles. The summed E-state index contributed by atoms with van der Waals surface area (Å²) in [4.78, 5) is 0. The molecule has 1 aliphatic carbocycles. The van der Waals surface area contributed by atoms with E-state index < -0.39 is 0 Å². The Hall–Kier alpha value is -0.0400. The average Bonchev–Trinajstić information content (AvgIpc) is 2.13. The number of ether oxygens (including phenoxy) is 1. The van der Waals surface area contributed by atoms with Crippen LogP contribution in [0.3, 0.4) is 0 Å². The van der Waals surface area contributed by atoms with Crippen LogP contribution in [-0.2, 0) is 4.74 Å². The van der Waals surface area contributed by atoms with Gasteiger partial charge in [0.1, 0.15) is 0 Å². The van der Waals surface area contributed by atoms with E-state index in [-0.39, 0.29) is 0 Å². The third-order valence-corrected chi connectivity index (χ3v) is 4.22. The maximum atomic E-state index is 5.45. The van der Waals surface area contributed by atoms with Crippen LogP contribution in [0.15, 0.2) is 0 Å². The van der Waals surface area contributed by atoms with Crippen molar-refractivity contribution in [1.29, 1.82) is 0 Å². The molecule has 2 rings (SSSR count). The molecule has 1 nitrogen and oxygen atoms in total. The topological polar surface area (TPSA) is 9.23 Å². The molecule has 13 heavy (non-hydrogen) atoms. The largest absolute Gasteiger partial charge is 0.381 e. The molecule has 0 unspecified atom stereocenters. The normalized spacial score (nSPS) is 31.8. The fourth-order valence-electron chi connectivity index (χ4n) is 2.76. The molecule has 1 heteroatoms. The van der Waals surface area contributed by atoms with Gasteiger partial charge in [-0.3, -0.25) is 0 Å². The molecule has 1 heterocycles. The zero-order chi connectivity index (χ0) is 9.36. The lowest BCUT2D eigenvalue weighted by atomic mass is 9.62. The van der Waals surface area contributed by atoms with E-state index in [4.69, 9.17) is 4.74 Å². The molecule has 2 aliphatic rings. The van der Waals surface area contributed by atoms with Gasteiger partial charge in [-0.2, -0.15) is 0 Å². The highest BCUT2D eigenvalue weighted by Crippen LogP contribution is 2.49. The monoisotopic (exact) mass is 182 g/mol. The second kappa shape index (κ2) is 3.27. The SMILES string of the molecule is CC1(C)CCC2(CCOCC2)CC1. The predicted octanol–water partition coefficient (Wildman–Crippen LogP) is 3.38. The summed E-state index contributed by atoms with van der Waals surface area (Å²) in [5, 5.41) is 0. The molecule has 0 radical (unpaired) electrons. The fourth-order valence-corrected chi connectivity index (χ4v) is 2.76. The van der Waals surface area contributed by atoms with Gasteiger partial charge in [0.05, 0.1) is 0 Å². The molecule has 0 bridgehead atoms. The van der Waals surface area contributed by atoms with E-state index in [2.05, 4.69) is 13.8 Å². The van der Waals surface area contributed by atoms with Crippen molar-refractivity contribution in [2.75, 3.05) is 13.2 Å². The first-order valence-corrected chi connectivity index (χ1v) is 5.70. The summed E-state index contributed by atoms with van der Waals surface area (Å²) >= 11 is 0. The first-order valence-electron chi connectivity index (χ1n) is 5.70. The number of rotatable bonds is 0. The zero-order valence-electron chi connectivity index (χ0n) is 9.07. The van der Waals surface area contributed by atoms with Gasteiger partial charge in [0.2, 0.25) is 0 Å². The molecule has 0 amide bonds. The summed E-state index contributed by atoms with van der Waals surface area (Å²) in [5.74, 6) is 0. The lowest BCUT2D eigenvalue weighted by Gasteiger charge is -2.45. The second-order valence-corrected chi connectivity index (χ2v) is 5.78. The van der Waals surface area contributed by atoms with Crippen molar-refractivity contribution in [2.45, 2.75) is 52.4 Å². The van der Waals surface area contributed by atoms with Crippen LogP contribution in [0.2, 0.25) is 0 Å². The van der Waals surface area contributed by atoms with Crippen molar-refractivity contribution >= 4 is 0 Å². The van der Waals surface area contributed by atoms with E-state index in [9.17, 15) is 0 Å². The third-order valence-electron chi connectivity index (χ3n) is 4.22. The third kappa shape index (κ3) is 2.07. The minimum absolute atomic E-state index is 0.615. The first-order chi connectivity index (χ1) is 6.12. The van der Waals surface area contributed by atoms with Crippen molar-refractivity contribution in [2.24, 2.45) is 10.8 Å². The Labute approximate surface area is 81.9 Å². The summed E-state index contributed by atoms with van der Waals surface area (Å²) < 4.78 is 5.45. The van der Waals surface area contributed by atoms with Crippen molar-refractivity contribution in [1.82, 2.24) is 0 Å². The van der Waals surface area contributed by atoms with Crippen LogP contribution in [0.4, 0.5) is 0 Å². The van der Waals surface area contributed by atoms with Gasteiger partial charge in [0, 0.05) is 13.2 Å². The lowest BCUT2D eigenvalue weighted by molar-refractivity contribution is -0.0236. The molecule has 0 aromatic carbocycles. The Balaban J connectivity index is 1.95. The van der Waals surface area contributed by atoms with Crippen molar-refractivity contribution in [3.63, 3.8) is 0 Å². The highest BCUT2D eigenvalue weighted by atomic mass is 16.5. The van der Waals surface area contributed by atoms with E-state index in [0.717, 1.165) is 13.2 Å². The molecule has 1 saturated heterocycles. The van der Waals surface area contributed by atoms with E-state index >= 15 is 0 Å². The Kier molecular flexibility index (Phi) is 2.39. The minimum atomic E-state index is 0.615. The molecule has 1 spiro atoms. The van der Waals surface area contributed by atoms with Crippen molar-refractivity contribution in [3.05, 3.63) is 0 Å². The smallest absolute Gasteiger partial charge is 0.0471 e. The number of hydrogen-bond acceptors (Lipinski definition) is 1. The van der Waals surface area contributed by atoms with E-state index in [1.54, 1.807) is 0 Å². The van der Waals surface area contributed by atoms with Crippen LogP contribution in [0, 0.1) is 10.8 Å². The highest BCUT2D eigenvalue weighted by Gasteiger charge is 2.38. The maximum absolute atomic E-state index is 5.45. The standard InChI is InChI=1S/C12H22O/c1-11(2)3-5-12(6-4-11)7-9-13-10-8-12/h3-10H2,1-2H3. The first kappa shape index (κ1) is 9.51. The average molecular weight is 182 g/mol. The van der Waals surface area contributed by atoms with Crippen molar-refractivity contribution < 1.29 is 4.74 Å². The quantitative estimate of drug-likeness (QED) is 0.558. The molecule has 1 saturated carbocycles. The molecule has 0 aromatic rings. The van der Waals surface area contributed by atoms with E-state index in [1.165, 1.54) is 38.5 Å². The zero-order valence-corrected chi connectivity index (χ0v) is 9.07. The predicted molar refractivity (Wildman–Crippen MR) is 54.7 cm³/mol. The Bertz CT molecular complexity index is 166. The van der Waals surface area contributed by atoms with Gasteiger partial charge < -0.3 is 4.74 Å². The van der Waals surface area contributed by atoms with Crippen LogP contribution in [0.5, 0.6) is 0 Å². The van der Waals surface area contributed by atoms with Gasteiger partial charge in [-0.1, -0.05) is 13.8 Å². The second-order valence-electron chi connectivity index (χ2n) is 5.78. The molecular formula is C12H22O. The Morgan fingerprint density at radius 3 is 1.85 bits per heavy atom. The van der Waals surface area contributed by atoms with E-state index in [1.807, 2.05) is 0 Å². The summed E-state index contributed by atoms with van der Waals surface area (Å²) in [6.07, 6.45) is 8.39. The lowest BCUT2D eigenvalue weighted by Crippen LogP contribution is -2.35.